The Balaban J connectivity index is 1.98. The quantitative estimate of drug-likeness (QED) is 0.776. The van der Waals surface area contributed by atoms with Crippen LogP contribution in [0.2, 0.25) is 5.02 Å². The van der Waals surface area contributed by atoms with Crippen molar-refractivity contribution in [1.29, 1.82) is 0 Å². The smallest absolute Gasteiger partial charge is 0.0596 e. The van der Waals surface area contributed by atoms with Gasteiger partial charge >= 0.3 is 0 Å². The first-order valence-corrected chi connectivity index (χ1v) is 6.59. The first kappa shape index (κ1) is 9.20. The van der Waals surface area contributed by atoms with Gasteiger partial charge in [-0.3, -0.25) is 0 Å². The number of thiophene rings is 1. The summed E-state index contributed by atoms with van der Waals surface area (Å²) >= 11 is 8.37. The number of halogens is 1. The minimum Gasteiger partial charge on any atom is -0.309 e. The third-order valence-corrected chi connectivity index (χ3v) is 5.21. The summed E-state index contributed by atoms with van der Waals surface area (Å²) in [6.07, 6.45) is 6.33. The molecule has 1 fully saturated rings. The van der Waals surface area contributed by atoms with Crippen molar-refractivity contribution in [2.45, 2.75) is 38.1 Å². The zero-order valence-corrected chi connectivity index (χ0v) is 9.68. The SMILES string of the molecule is Clc1c(C2CCCN2)sc2c1CCC2. The lowest BCUT2D eigenvalue weighted by molar-refractivity contribution is 0.659. The molecule has 1 unspecified atom stereocenters. The Morgan fingerprint density at radius 1 is 1.29 bits per heavy atom. The fraction of sp³-hybridized carbons (Fsp3) is 0.636. The van der Waals surface area contributed by atoms with Crippen molar-refractivity contribution in [2.24, 2.45) is 0 Å². The van der Waals surface area contributed by atoms with Crippen LogP contribution in [0, 0.1) is 0 Å². The number of rotatable bonds is 1. The molecular weight excluding hydrogens is 214 g/mol. The monoisotopic (exact) mass is 227 g/mol. The molecule has 1 N–H and O–H groups in total. The highest BCUT2D eigenvalue weighted by Gasteiger charge is 2.26. The molecule has 0 radical (unpaired) electrons. The fourth-order valence-electron chi connectivity index (χ4n) is 2.52. The minimum atomic E-state index is 0.554. The van der Waals surface area contributed by atoms with E-state index in [-0.39, 0.29) is 0 Å². The second kappa shape index (κ2) is 3.51. The van der Waals surface area contributed by atoms with E-state index in [1.54, 1.807) is 4.88 Å². The average molecular weight is 228 g/mol. The maximum atomic E-state index is 6.42. The Hall–Kier alpha value is -0.0500. The van der Waals surface area contributed by atoms with E-state index >= 15 is 0 Å². The zero-order valence-electron chi connectivity index (χ0n) is 8.11. The van der Waals surface area contributed by atoms with Crippen LogP contribution in [0.1, 0.15) is 40.6 Å². The van der Waals surface area contributed by atoms with Crippen molar-refractivity contribution < 1.29 is 0 Å². The first-order chi connectivity index (χ1) is 6.86. The highest BCUT2D eigenvalue weighted by atomic mass is 35.5. The Kier molecular flexibility index (Phi) is 2.31. The molecule has 1 saturated heterocycles. The summed E-state index contributed by atoms with van der Waals surface area (Å²) in [5, 5.41) is 4.61. The number of aryl methyl sites for hydroxylation is 1. The Bertz CT molecular complexity index is 352. The van der Waals surface area contributed by atoms with Crippen LogP contribution in [-0.4, -0.2) is 6.54 Å². The van der Waals surface area contributed by atoms with Gasteiger partial charge in [-0.2, -0.15) is 0 Å². The van der Waals surface area contributed by atoms with Crippen LogP contribution in [-0.2, 0) is 12.8 Å². The van der Waals surface area contributed by atoms with Gasteiger partial charge in [0.05, 0.1) is 5.02 Å². The molecule has 3 rings (SSSR count). The van der Waals surface area contributed by atoms with Crippen molar-refractivity contribution in [3.63, 3.8) is 0 Å². The molecule has 0 aromatic carbocycles. The van der Waals surface area contributed by atoms with Gasteiger partial charge in [0, 0.05) is 15.8 Å². The zero-order chi connectivity index (χ0) is 9.54. The Labute approximate surface area is 93.5 Å². The molecule has 2 heterocycles. The molecule has 14 heavy (non-hydrogen) atoms. The van der Waals surface area contributed by atoms with E-state index in [0.717, 1.165) is 11.6 Å². The molecule has 1 aliphatic heterocycles. The highest BCUT2D eigenvalue weighted by Crippen LogP contribution is 2.43. The van der Waals surface area contributed by atoms with Gasteiger partial charge in [0.2, 0.25) is 0 Å². The van der Waals surface area contributed by atoms with Crippen LogP contribution in [0.25, 0.3) is 0 Å². The van der Waals surface area contributed by atoms with Crippen LogP contribution >= 0.6 is 22.9 Å². The number of nitrogens with one attached hydrogen (secondary N) is 1. The third-order valence-electron chi connectivity index (χ3n) is 3.26. The summed E-state index contributed by atoms with van der Waals surface area (Å²) in [6, 6.07) is 0.554. The largest absolute Gasteiger partial charge is 0.309 e. The van der Waals surface area contributed by atoms with Crippen LogP contribution in [0.5, 0.6) is 0 Å². The molecule has 0 bridgehead atoms. The van der Waals surface area contributed by atoms with E-state index in [1.807, 2.05) is 11.3 Å². The summed E-state index contributed by atoms with van der Waals surface area (Å²) in [4.78, 5) is 2.97. The number of fused-ring (bicyclic) bond motifs is 1. The number of hydrogen-bond donors (Lipinski definition) is 1. The summed E-state index contributed by atoms with van der Waals surface area (Å²) in [5.41, 5.74) is 1.46. The third kappa shape index (κ3) is 1.32. The molecule has 1 aromatic heterocycles. The van der Waals surface area contributed by atoms with Gasteiger partial charge in [-0.1, -0.05) is 11.6 Å². The van der Waals surface area contributed by atoms with Gasteiger partial charge < -0.3 is 5.32 Å². The Morgan fingerprint density at radius 3 is 2.93 bits per heavy atom. The van der Waals surface area contributed by atoms with Gasteiger partial charge in [-0.05, 0) is 44.2 Å². The normalized spacial score (nSPS) is 25.6. The minimum absolute atomic E-state index is 0.554. The molecule has 1 nitrogen and oxygen atoms in total. The van der Waals surface area contributed by atoms with Gasteiger partial charge in [-0.15, -0.1) is 11.3 Å². The molecule has 1 aliphatic carbocycles. The lowest BCUT2D eigenvalue weighted by Crippen LogP contribution is -2.11. The van der Waals surface area contributed by atoms with E-state index in [1.165, 1.54) is 42.5 Å². The van der Waals surface area contributed by atoms with Crippen molar-refractivity contribution in [3.8, 4) is 0 Å². The van der Waals surface area contributed by atoms with Crippen molar-refractivity contribution >= 4 is 22.9 Å². The molecule has 0 saturated carbocycles. The molecule has 0 spiro atoms. The average Bonchev–Trinajstić information content (AvgIpc) is 2.84. The van der Waals surface area contributed by atoms with Gasteiger partial charge in [0.15, 0.2) is 0 Å². The van der Waals surface area contributed by atoms with E-state index in [9.17, 15) is 0 Å². The van der Waals surface area contributed by atoms with Crippen LogP contribution in [0.15, 0.2) is 0 Å². The topological polar surface area (TPSA) is 12.0 Å². The fourth-order valence-corrected chi connectivity index (χ4v) is 4.43. The van der Waals surface area contributed by atoms with Gasteiger partial charge in [0.1, 0.15) is 0 Å². The summed E-state index contributed by atoms with van der Waals surface area (Å²) in [5.74, 6) is 0. The molecule has 0 amide bonds. The van der Waals surface area contributed by atoms with E-state index < -0.39 is 0 Å². The molecule has 1 atom stereocenters. The maximum Gasteiger partial charge on any atom is 0.0596 e. The number of hydrogen-bond acceptors (Lipinski definition) is 2. The van der Waals surface area contributed by atoms with Crippen molar-refractivity contribution in [3.05, 3.63) is 20.3 Å². The summed E-state index contributed by atoms with van der Waals surface area (Å²) < 4.78 is 0. The van der Waals surface area contributed by atoms with Gasteiger partial charge in [0.25, 0.3) is 0 Å². The Morgan fingerprint density at radius 2 is 2.21 bits per heavy atom. The maximum absolute atomic E-state index is 6.42. The second-order valence-electron chi connectivity index (χ2n) is 4.18. The van der Waals surface area contributed by atoms with Crippen LogP contribution in [0.3, 0.4) is 0 Å². The molecule has 1 aromatic rings. The van der Waals surface area contributed by atoms with Crippen molar-refractivity contribution in [1.82, 2.24) is 5.32 Å². The summed E-state index contributed by atoms with van der Waals surface area (Å²) in [7, 11) is 0. The molecular formula is C11H14ClNS. The second-order valence-corrected chi connectivity index (χ2v) is 5.70. The highest BCUT2D eigenvalue weighted by molar-refractivity contribution is 7.13. The standard InChI is InChI=1S/C11H14ClNS/c12-10-7-3-1-5-9(7)14-11(10)8-4-2-6-13-8/h8,13H,1-6H2. The lowest BCUT2D eigenvalue weighted by atomic mass is 10.1. The lowest BCUT2D eigenvalue weighted by Gasteiger charge is -2.08. The molecule has 76 valence electrons. The molecule has 2 aliphatic rings. The van der Waals surface area contributed by atoms with E-state index in [4.69, 9.17) is 11.6 Å². The van der Waals surface area contributed by atoms with E-state index in [2.05, 4.69) is 5.32 Å². The first-order valence-electron chi connectivity index (χ1n) is 5.39. The van der Waals surface area contributed by atoms with Crippen LogP contribution in [0.4, 0.5) is 0 Å². The van der Waals surface area contributed by atoms with E-state index in [0.29, 0.717) is 6.04 Å². The van der Waals surface area contributed by atoms with Crippen LogP contribution < -0.4 is 5.32 Å². The van der Waals surface area contributed by atoms with Gasteiger partial charge in [-0.25, -0.2) is 0 Å². The summed E-state index contributed by atoms with van der Waals surface area (Å²) in [6.45, 7) is 1.16. The predicted molar refractivity (Wildman–Crippen MR) is 61.3 cm³/mol. The molecule has 3 heteroatoms. The van der Waals surface area contributed by atoms with Crippen molar-refractivity contribution in [2.75, 3.05) is 6.54 Å². The predicted octanol–water partition coefficient (Wildman–Crippen LogP) is 3.31.